The molecule has 0 heterocycles. The van der Waals surface area contributed by atoms with Crippen molar-refractivity contribution in [2.45, 2.75) is 6.04 Å². The van der Waals surface area contributed by atoms with Crippen molar-refractivity contribution >= 4 is 0 Å². The molecule has 0 saturated heterocycles. The Morgan fingerprint density at radius 3 is 2.14 bits per heavy atom. The topological polar surface area (TPSA) is 12.0 Å². The summed E-state index contributed by atoms with van der Waals surface area (Å²) in [5, 5.41) is 3.36. The van der Waals surface area contributed by atoms with Crippen molar-refractivity contribution < 1.29 is 4.48 Å². The number of likely N-dealkylation sites (N-methyl/N-ethyl adjacent to an activating group) is 2. The monoisotopic (exact) mass is 193 g/mol. The molecule has 0 saturated carbocycles. The first-order valence-corrected chi connectivity index (χ1v) is 5.05. The second kappa shape index (κ2) is 4.58. The summed E-state index contributed by atoms with van der Waals surface area (Å²) in [5.41, 5.74) is 1.36. The summed E-state index contributed by atoms with van der Waals surface area (Å²) in [4.78, 5) is 0. The fourth-order valence-electron chi connectivity index (χ4n) is 1.60. The summed E-state index contributed by atoms with van der Waals surface area (Å²) in [6.45, 7) is 1.10. The summed E-state index contributed by atoms with van der Waals surface area (Å²) >= 11 is 0. The molecular formula is C12H21N2+. The van der Waals surface area contributed by atoms with Gasteiger partial charge in [-0.15, -0.1) is 0 Å². The van der Waals surface area contributed by atoms with Crippen LogP contribution in [0.2, 0.25) is 0 Å². The maximum atomic E-state index is 3.36. The Morgan fingerprint density at radius 1 is 1.14 bits per heavy atom. The number of nitrogens with one attached hydrogen (secondary N) is 1. The molecule has 0 aliphatic heterocycles. The van der Waals surface area contributed by atoms with Gasteiger partial charge in [-0.3, -0.25) is 0 Å². The molecule has 2 nitrogen and oxygen atoms in total. The molecule has 0 fully saturated rings. The van der Waals surface area contributed by atoms with Crippen LogP contribution in [0.5, 0.6) is 0 Å². The molecule has 1 atom stereocenters. The van der Waals surface area contributed by atoms with E-state index in [0.717, 1.165) is 11.0 Å². The second-order valence-electron chi connectivity index (χ2n) is 4.72. The molecule has 2 heteroatoms. The first-order chi connectivity index (χ1) is 6.53. The highest BCUT2D eigenvalue weighted by atomic mass is 15.3. The number of quaternary nitrogens is 1. The fourth-order valence-corrected chi connectivity index (χ4v) is 1.60. The summed E-state index contributed by atoms with van der Waals surface area (Å²) in [6, 6.07) is 11.0. The van der Waals surface area contributed by atoms with E-state index < -0.39 is 0 Å². The minimum absolute atomic E-state index is 0.441. The minimum atomic E-state index is 0.441. The van der Waals surface area contributed by atoms with E-state index in [2.05, 4.69) is 56.8 Å². The van der Waals surface area contributed by atoms with Crippen LogP contribution < -0.4 is 5.32 Å². The van der Waals surface area contributed by atoms with E-state index in [-0.39, 0.29) is 0 Å². The zero-order chi connectivity index (χ0) is 10.6. The van der Waals surface area contributed by atoms with E-state index in [1.165, 1.54) is 5.56 Å². The van der Waals surface area contributed by atoms with Gasteiger partial charge in [0, 0.05) is 0 Å². The van der Waals surface area contributed by atoms with Crippen LogP contribution in [-0.4, -0.2) is 39.2 Å². The number of hydrogen-bond donors (Lipinski definition) is 1. The first-order valence-electron chi connectivity index (χ1n) is 5.05. The Morgan fingerprint density at radius 2 is 1.71 bits per heavy atom. The Bertz CT molecular complexity index is 261. The average molecular weight is 193 g/mol. The predicted molar refractivity (Wildman–Crippen MR) is 61.1 cm³/mol. The molecule has 14 heavy (non-hydrogen) atoms. The molecule has 1 aromatic carbocycles. The lowest BCUT2D eigenvalue weighted by Gasteiger charge is -2.29. The Hall–Kier alpha value is -0.860. The van der Waals surface area contributed by atoms with Crippen LogP contribution in [0.4, 0.5) is 0 Å². The summed E-state index contributed by atoms with van der Waals surface area (Å²) < 4.78 is 0.973. The van der Waals surface area contributed by atoms with Gasteiger partial charge < -0.3 is 9.80 Å². The van der Waals surface area contributed by atoms with E-state index >= 15 is 0 Å². The molecule has 1 aromatic rings. The average Bonchev–Trinajstić information content (AvgIpc) is 2.14. The number of hydrogen-bond acceptors (Lipinski definition) is 1. The predicted octanol–water partition coefficient (Wildman–Crippen LogP) is 1.65. The van der Waals surface area contributed by atoms with Crippen molar-refractivity contribution in [1.29, 1.82) is 0 Å². The summed E-state index contributed by atoms with van der Waals surface area (Å²) in [7, 11) is 8.67. The van der Waals surface area contributed by atoms with E-state index in [4.69, 9.17) is 0 Å². The molecule has 1 N–H and O–H groups in total. The van der Waals surface area contributed by atoms with Crippen molar-refractivity contribution in [2.75, 3.05) is 34.7 Å². The molecule has 0 amide bonds. The number of nitrogens with zero attached hydrogens (tertiary/aromatic N) is 1. The molecule has 0 spiro atoms. The molecular weight excluding hydrogens is 172 g/mol. The first kappa shape index (κ1) is 11.2. The van der Waals surface area contributed by atoms with E-state index in [9.17, 15) is 0 Å². The van der Waals surface area contributed by atoms with Crippen molar-refractivity contribution in [2.24, 2.45) is 0 Å². The Labute approximate surface area is 87.1 Å². The van der Waals surface area contributed by atoms with Gasteiger partial charge in [-0.1, -0.05) is 30.3 Å². The zero-order valence-electron chi connectivity index (χ0n) is 9.62. The Balaban J connectivity index is 2.73. The van der Waals surface area contributed by atoms with Gasteiger partial charge >= 0.3 is 0 Å². The van der Waals surface area contributed by atoms with E-state index in [0.29, 0.717) is 6.04 Å². The molecule has 0 aliphatic carbocycles. The second-order valence-corrected chi connectivity index (χ2v) is 4.72. The summed E-state index contributed by atoms with van der Waals surface area (Å²) in [5.74, 6) is 0. The number of rotatable bonds is 4. The van der Waals surface area contributed by atoms with Gasteiger partial charge in [0.1, 0.15) is 0 Å². The van der Waals surface area contributed by atoms with E-state index in [1.54, 1.807) is 0 Å². The molecule has 78 valence electrons. The van der Waals surface area contributed by atoms with Crippen LogP contribution in [0.3, 0.4) is 0 Å². The SMILES string of the molecule is CNC(C[N+](C)(C)C)c1ccccc1. The van der Waals surface area contributed by atoms with Gasteiger partial charge in [-0.2, -0.15) is 0 Å². The van der Waals surface area contributed by atoms with E-state index in [1.807, 2.05) is 7.05 Å². The van der Waals surface area contributed by atoms with Gasteiger partial charge in [0.15, 0.2) is 0 Å². The molecule has 0 bridgehead atoms. The smallest absolute Gasteiger partial charge is 0.0978 e. The lowest BCUT2D eigenvalue weighted by molar-refractivity contribution is -0.872. The molecule has 0 radical (unpaired) electrons. The third-order valence-corrected chi connectivity index (χ3v) is 2.28. The summed E-state index contributed by atoms with van der Waals surface area (Å²) in [6.07, 6.45) is 0. The van der Waals surface area contributed by atoms with Gasteiger partial charge in [0.25, 0.3) is 0 Å². The van der Waals surface area contributed by atoms with Crippen LogP contribution >= 0.6 is 0 Å². The molecule has 1 unspecified atom stereocenters. The fraction of sp³-hybridized carbons (Fsp3) is 0.500. The third kappa shape index (κ3) is 3.48. The maximum Gasteiger partial charge on any atom is 0.0978 e. The highest BCUT2D eigenvalue weighted by Gasteiger charge is 2.17. The molecule has 0 aliphatic rings. The van der Waals surface area contributed by atoms with Crippen LogP contribution in [0, 0.1) is 0 Å². The quantitative estimate of drug-likeness (QED) is 0.717. The highest BCUT2D eigenvalue weighted by molar-refractivity contribution is 5.18. The maximum absolute atomic E-state index is 3.36. The standard InChI is InChI=1S/C12H21N2/c1-13-12(10-14(2,3)4)11-8-6-5-7-9-11/h5-9,12-13H,10H2,1-4H3/q+1. The van der Waals surface area contributed by atoms with Crippen molar-refractivity contribution in [1.82, 2.24) is 5.32 Å². The van der Waals surface area contributed by atoms with Gasteiger partial charge in [-0.05, 0) is 12.6 Å². The highest BCUT2D eigenvalue weighted by Crippen LogP contribution is 2.14. The lowest BCUT2D eigenvalue weighted by Crippen LogP contribution is -2.41. The largest absolute Gasteiger partial charge is 0.329 e. The van der Waals surface area contributed by atoms with Crippen molar-refractivity contribution in [3.63, 3.8) is 0 Å². The third-order valence-electron chi connectivity index (χ3n) is 2.28. The van der Waals surface area contributed by atoms with Crippen LogP contribution in [0.1, 0.15) is 11.6 Å². The number of benzene rings is 1. The molecule has 0 aromatic heterocycles. The van der Waals surface area contributed by atoms with Gasteiger partial charge in [-0.25, -0.2) is 0 Å². The van der Waals surface area contributed by atoms with Crippen molar-refractivity contribution in [3.8, 4) is 0 Å². The van der Waals surface area contributed by atoms with Crippen LogP contribution in [0.15, 0.2) is 30.3 Å². The normalized spacial score (nSPS) is 14.0. The van der Waals surface area contributed by atoms with Gasteiger partial charge in [0.05, 0.1) is 33.7 Å². The van der Waals surface area contributed by atoms with Crippen molar-refractivity contribution in [3.05, 3.63) is 35.9 Å². The van der Waals surface area contributed by atoms with Crippen LogP contribution in [0.25, 0.3) is 0 Å². The Kier molecular flexibility index (Phi) is 3.67. The lowest BCUT2D eigenvalue weighted by atomic mass is 10.1. The minimum Gasteiger partial charge on any atom is -0.329 e. The van der Waals surface area contributed by atoms with Gasteiger partial charge in [0.2, 0.25) is 0 Å². The van der Waals surface area contributed by atoms with Crippen LogP contribution in [-0.2, 0) is 0 Å². The molecule has 1 rings (SSSR count). The zero-order valence-corrected chi connectivity index (χ0v) is 9.62.